The molecule has 0 spiro atoms. The number of fused-ring (bicyclic) bond motifs is 1. The summed E-state index contributed by atoms with van der Waals surface area (Å²) in [5, 5.41) is 0. The van der Waals surface area contributed by atoms with Crippen LogP contribution in [0, 0.1) is 5.82 Å². The largest absolute Gasteiger partial charge is 0.494 e. The van der Waals surface area contributed by atoms with Crippen molar-refractivity contribution in [1.29, 1.82) is 0 Å². The Hall–Kier alpha value is -3.00. The minimum absolute atomic E-state index is 0.147. The van der Waals surface area contributed by atoms with Gasteiger partial charge >= 0.3 is 5.97 Å². The molecular formula is C21H21FN2O4S. The van der Waals surface area contributed by atoms with E-state index in [0.29, 0.717) is 30.3 Å². The van der Waals surface area contributed by atoms with E-state index < -0.39 is 11.7 Å². The Morgan fingerprint density at radius 3 is 2.69 bits per heavy atom. The summed E-state index contributed by atoms with van der Waals surface area (Å²) in [4.78, 5) is 29.0. The Kier molecular flexibility index (Phi) is 6.77. The number of ether oxygens (including phenoxy) is 2. The number of rotatable bonds is 7. The number of aromatic nitrogens is 1. The van der Waals surface area contributed by atoms with Gasteiger partial charge < -0.3 is 14.0 Å². The first-order valence-corrected chi connectivity index (χ1v) is 10.1. The maximum atomic E-state index is 13.5. The number of carbonyl (C=O) groups is 2. The molecule has 0 fully saturated rings. The Balaban J connectivity index is 2.04. The highest BCUT2D eigenvalue weighted by molar-refractivity contribution is 7.16. The fourth-order valence-electron chi connectivity index (χ4n) is 2.82. The van der Waals surface area contributed by atoms with Crippen LogP contribution in [0.25, 0.3) is 10.2 Å². The van der Waals surface area contributed by atoms with Crippen LogP contribution < -0.4 is 9.54 Å². The lowest BCUT2D eigenvalue weighted by molar-refractivity contribution is -0.143. The molecule has 0 radical (unpaired) electrons. The molecule has 0 saturated heterocycles. The zero-order valence-corrected chi connectivity index (χ0v) is 17.0. The zero-order chi connectivity index (χ0) is 20.8. The SMILES string of the molecule is CCOC(=O)CCn1c(=NC(=O)c2cccc(F)c2)sc2cc(OCC)ccc21. The number of benzene rings is 2. The smallest absolute Gasteiger partial charge is 0.307 e. The van der Waals surface area contributed by atoms with Crippen LogP contribution in [0.1, 0.15) is 30.6 Å². The summed E-state index contributed by atoms with van der Waals surface area (Å²) < 4.78 is 26.7. The first-order valence-electron chi connectivity index (χ1n) is 9.28. The summed E-state index contributed by atoms with van der Waals surface area (Å²) in [7, 11) is 0. The Labute approximate surface area is 171 Å². The van der Waals surface area contributed by atoms with Crippen LogP contribution >= 0.6 is 11.3 Å². The molecular weight excluding hydrogens is 395 g/mol. The van der Waals surface area contributed by atoms with E-state index in [1.54, 1.807) is 11.5 Å². The zero-order valence-electron chi connectivity index (χ0n) is 16.2. The predicted molar refractivity (Wildman–Crippen MR) is 109 cm³/mol. The van der Waals surface area contributed by atoms with E-state index in [-0.39, 0.29) is 18.0 Å². The molecule has 1 amide bonds. The molecule has 0 atom stereocenters. The summed E-state index contributed by atoms with van der Waals surface area (Å²) in [6.07, 6.45) is 0.147. The molecule has 0 aliphatic heterocycles. The molecule has 0 saturated carbocycles. The van der Waals surface area contributed by atoms with E-state index in [1.807, 2.05) is 25.1 Å². The first-order chi connectivity index (χ1) is 14.0. The number of halogens is 1. The third-order valence-electron chi connectivity index (χ3n) is 4.08. The highest BCUT2D eigenvalue weighted by Crippen LogP contribution is 2.24. The van der Waals surface area contributed by atoms with Gasteiger partial charge in [-0.3, -0.25) is 9.59 Å². The van der Waals surface area contributed by atoms with Crippen molar-refractivity contribution in [2.75, 3.05) is 13.2 Å². The Bertz CT molecular complexity index is 1100. The van der Waals surface area contributed by atoms with Crippen LogP contribution in [0.5, 0.6) is 5.75 Å². The van der Waals surface area contributed by atoms with E-state index in [9.17, 15) is 14.0 Å². The quantitative estimate of drug-likeness (QED) is 0.547. The van der Waals surface area contributed by atoms with Gasteiger partial charge in [0.15, 0.2) is 4.80 Å². The average molecular weight is 416 g/mol. The normalized spacial score (nSPS) is 11.6. The second-order valence-electron chi connectivity index (χ2n) is 6.08. The van der Waals surface area contributed by atoms with Crippen LogP contribution in [0.4, 0.5) is 4.39 Å². The molecule has 1 heterocycles. The number of carbonyl (C=O) groups excluding carboxylic acids is 2. The molecule has 0 N–H and O–H groups in total. The minimum Gasteiger partial charge on any atom is -0.494 e. The molecule has 0 aliphatic carbocycles. The van der Waals surface area contributed by atoms with Gasteiger partial charge in [0.1, 0.15) is 11.6 Å². The van der Waals surface area contributed by atoms with Gasteiger partial charge in [-0.25, -0.2) is 4.39 Å². The molecule has 2 aromatic carbocycles. The average Bonchev–Trinajstić information content (AvgIpc) is 3.03. The van der Waals surface area contributed by atoms with Crippen LogP contribution in [0.15, 0.2) is 47.5 Å². The number of hydrogen-bond donors (Lipinski definition) is 0. The molecule has 3 aromatic rings. The van der Waals surface area contributed by atoms with E-state index >= 15 is 0 Å². The number of thiazole rings is 1. The van der Waals surface area contributed by atoms with Crippen LogP contribution in [-0.2, 0) is 16.1 Å². The van der Waals surface area contributed by atoms with Gasteiger partial charge in [-0.15, -0.1) is 0 Å². The lowest BCUT2D eigenvalue weighted by atomic mass is 10.2. The van der Waals surface area contributed by atoms with Gasteiger partial charge in [0.2, 0.25) is 0 Å². The summed E-state index contributed by atoms with van der Waals surface area (Å²) in [5.41, 5.74) is 0.989. The highest BCUT2D eigenvalue weighted by atomic mass is 32.1. The topological polar surface area (TPSA) is 69.9 Å². The van der Waals surface area contributed by atoms with Gasteiger partial charge in [-0.1, -0.05) is 17.4 Å². The summed E-state index contributed by atoms with van der Waals surface area (Å²) in [5.74, 6) is -0.667. The number of nitrogens with zero attached hydrogens (tertiary/aromatic N) is 2. The van der Waals surface area contributed by atoms with Crippen LogP contribution in [0.3, 0.4) is 0 Å². The Morgan fingerprint density at radius 2 is 1.97 bits per heavy atom. The van der Waals surface area contributed by atoms with Crippen molar-refractivity contribution in [2.24, 2.45) is 4.99 Å². The highest BCUT2D eigenvalue weighted by Gasteiger charge is 2.12. The van der Waals surface area contributed by atoms with Crippen molar-refractivity contribution >= 4 is 33.4 Å². The van der Waals surface area contributed by atoms with Crippen LogP contribution in [0.2, 0.25) is 0 Å². The number of aryl methyl sites for hydroxylation is 1. The standard InChI is InChI=1S/C21H21FN2O4S/c1-3-27-16-8-9-17-18(13-16)29-21(24(17)11-10-19(25)28-4-2)23-20(26)14-6-5-7-15(22)12-14/h5-9,12-13H,3-4,10-11H2,1-2H3. The van der Waals surface area contributed by atoms with Gasteiger partial charge in [0.05, 0.1) is 29.9 Å². The monoisotopic (exact) mass is 416 g/mol. The molecule has 29 heavy (non-hydrogen) atoms. The van der Waals surface area contributed by atoms with Crippen molar-refractivity contribution < 1.29 is 23.5 Å². The maximum absolute atomic E-state index is 13.5. The minimum atomic E-state index is -0.550. The van der Waals surface area contributed by atoms with Gasteiger partial charge in [-0.2, -0.15) is 4.99 Å². The predicted octanol–water partition coefficient (Wildman–Crippen LogP) is 3.93. The molecule has 0 aliphatic rings. The molecule has 0 unspecified atom stereocenters. The van der Waals surface area contributed by atoms with Crippen LogP contribution in [-0.4, -0.2) is 29.7 Å². The van der Waals surface area contributed by atoms with Crippen molar-refractivity contribution in [3.63, 3.8) is 0 Å². The summed E-state index contributed by atoms with van der Waals surface area (Å²) in [6.45, 7) is 4.80. The van der Waals surface area contributed by atoms with Gasteiger partial charge in [0, 0.05) is 12.1 Å². The van der Waals surface area contributed by atoms with Crippen molar-refractivity contribution in [3.05, 3.63) is 58.6 Å². The van der Waals surface area contributed by atoms with Crippen molar-refractivity contribution in [1.82, 2.24) is 4.57 Å². The second kappa shape index (κ2) is 9.47. The fraction of sp³-hybridized carbons (Fsp3) is 0.286. The van der Waals surface area contributed by atoms with E-state index in [2.05, 4.69) is 4.99 Å². The van der Waals surface area contributed by atoms with Crippen molar-refractivity contribution in [3.8, 4) is 5.75 Å². The number of amides is 1. The Morgan fingerprint density at radius 1 is 1.14 bits per heavy atom. The number of esters is 1. The summed E-state index contributed by atoms with van der Waals surface area (Å²) >= 11 is 1.31. The molecule has 1 aromatic heterocycles. The van der Waals surface area contributed by atoms with E-state index in [1.165, 1.54) is 29.5 Å². The lowest BCUT2D eigenvalue weighted by Gasteiger charge is -2.06. The van der Waals surface area contributed by atoms with Gasteiger partial charge in [0.25, 0.3) is 5.91 Å². The molecule has 6 nitrogen and oxygen atoms in total. The van der Waals surface area contributed by atoms with E-state index in [4.69, 9.17) is 9.47 Å². The lowest BCUT2D eigenvalue weighted by Crippen LogP contribution is -2.19. The maximum Gasteiger partial charge on any atom is 0.307 e. The molecule has 8 heteroatoms. The third-order valence-corrected chi connectivity index (χ3v) is 5.12. The molecule has 3 rings (SSSR count). The summed E-state index contributed by atoms with van der Waals surface area (Å²) in [6, 6.07) is 11.0. The molecule has 152 valence electrons. The second-order valence-corrected chi connectivity index (χ2v) is 7.09. The fourth-order valence-corrected chi connectivity index (χ4v) is 3.90. The first kappa shape index (κ1) is 20.7. The van der Waals surface area contributed by atoms with E-state index in [0.717, 1.165) is 16.3 Å². The van der Waals surface area contributed by atoms with Gasteiger partial charge in [-0.05, 0) is 50.2 Å². The molecule has 0 bridgehead atoms. The third kappa shape index (κ3) is 5.08. The van der Waals surface area contributed by atoms with Crippen molar-refractivity contribution in [2.45, 2.75) is 26.8 Å². The number of hydrogen-bond acceptors (Lipinski definition) is 5.